The number of fused-ring (bicyclic) bond motifs is 5. The summed E-state index contributed by atoms with van der Waals surface area (Å²) in [5, 5.41) is 10.2. The van der Waals surface area contributed by atoms with Crippen LogP contribution in [0, 0.1) is 23.2 Å². The topological polar surface area (TPSA) is 51.6 Å². The summed E-state index contributed by atoms with van der Waals surface area (Å²) in [4.78, 5) is 3.74. The zero-order valence-corrected chi connectivity index (χ0v) is 17.0. The van der Waals surface area contributed by atoms with Gasteiger partial charge in [0.15, 0.2) is 11.5 Å². The molecule has 2 fully saturated rings. The van der Waals surface area contributed by atoms with Crippen molar-refractivity contribution in [3.63, 3.8) is 0 Å². The third-order valence-electron chi connectivity index (χ3n) is 7.92. The number of nitrogens with zero attached hydrogens (tertiary/aromatic N) is 1. The number of phenols is 1. The van der Waals surface area contributed by atoms with Crippen LogP contribution >= 0.6 is 0 Å². The Balaban J connectivity index is 1.40. The van der Waals surface area contributed by atoms with Crippen LogP contribution in [0.25, 0.3) is 0 Å². The number of halogens is 1. The van der Waals surface area contributed by atoms with Gasteiger partial charge in [-0.05, 0) is 91.7 Å². The Labute approximate surface area is 171 Å². The van der Waals surface area contributed by atoms with E-state index in [4.69, 9.17) is 9.47 Å². The summed E-state index contributed by atoms with van der Waals surface area (Å²) in [7, 11) is 1.61. The smallest absolute Gasteiger partial charge is 0.213 e. The summed E-state index contributed by atoms with van der Waals surface area (Å²) >= 11 is 0. The van der Waals surface area contributed by atoms with Gasteiger partial charge in [-0.15, -0.1) is 0 Å². The van der Waals surface area contributed by atoms with Gasteiger partial charge >= 0.3 is 0 Å². The van der Waals surface area contributed by atoms with Gasteiger partial charge in [-0.2, -0.15) is 4.39 Å². The molecule has 1 aromatic carbocycles. The van der Waals surface area contributed by atoms with Gasteiger partial charge in [0.05, 0.1) is 13.3 Å². The lowest BCUT2D eigenvalue weighted by Crippen LogP contribution is -2.45. The summed E-state index contributed by atoms with van der Waals surface area (Å²) in [6, 6.07) is 7.01. The fraction of sp³-hybridized carbons (Fsp3) is 0.542. The molecule has 3 unspecified atom stereocenters. The fourth-order valence-corrected chi connectivity index (χ4v) is 6.49. The van der Waals surface area contributed by atoms with Crippen molar-refractivity contribution in [2.75, 3.05) is 7.11 Å². The van der Waals surface area contributed by atoms with Crippen molar-refractivity contribution >= 4 is 0 Å². The molecule has 0 amide bonds. The first-order valence-corrected chi connectivity index (χ1v) is 10.7. The highest BCUT2D eigenvalue weighted by Crippen LogP contribution is 2.61. The summed E-state index contributed by atoms with van der Waals surface area (Å²) in [6.45, 7) is 2.38. The number of ether oxygens (including phenoxy) is 2. The summed E-state index contributed by atoms with van der Waals surface area (Å²) < 4.78 is 24.8. The van der Waals surface area contributed by atoms with Crippen LogP contribution in [-0.2, 0) is 6.42 Å². The molecule has 0 saturated heterocycles. The first-order valence-electron chi connectivity index (χ1n) is 10.7. The molecule has 2 saturated carbocycles. The Hall–Kier alpha value is -2.30. The average molecular weight is 397 g/mol. The van der Waals surface area contributed by atoms with Crippen LogP contribution in [0.4, 0.5) is 4.39 Å². The molecule has 3 aliphatic carbocycles. The second kappa shape index (κ2) is 6.89. The molecule has 0 bridgehead atoms. The molecule has 0 aliphatic heterocycles. The van der Waals surface area contributed by atoms with Gasteiger partial charge in [0.1, 0.15) is 11.9 Å². The van der Waals surface area contributed by atoms with Gasteiger partial charge in [-0.1, -0.05) is 6.92 Å². The molecule has 29 heavy (non-hydrogen) atoms. The zero-order valence-electron chi connectivity index (χ0n) is 17.0. The van der Waals surface area contributed by atoms with E-state index in [0.29, 0.717) is 29.3 Å². The number of aromatic nitrogens is 1. The maximum absolute atomic E-state index is 13.1. The third kappa shape index (κ3) is 2.97. The molecule has 1 aromatic heterocycles. The Morgan fingerprint density at radius 3 is 2.79 bits per heavy atom. The molecule has 5 atom stereocenters. The minimum absolute atomic E-state index is 0.133. The van der Waals surface area contributed by atoms with E-state index in [0.717, 1.165) is 32.1 Å². The summed E-state index contributed by atoms with van der Waals surface area (Å²) in [5.74, 6) is 2.78. The Bertz CT molecular complexity index is 915. The predicted molar refractivity (Wildman–Crippen MR) is 108 cm³/mol. The van der Waals surface area contributed by atoms with E-state index in [1.165, 1.54) is 29.8 Å². The number of pyridine rings is 1. The van der Waals surface area contributed by atoms with Crippen molar-refractivity contribution < 1.29 is 19.0 Å². The molecule has 154 valence electrons. The lowest BCUT2D eigenvalue weighted by Gasteiger charge is -2.50. The number of hydrogen-bond acceptors (Lipinski definition) is 4. The normalized spacial score (nSPS) is 32.8. The molecule has 0 spiro atoms. The van der Waals surface area contributed by atoms with Gasteiger partial charge in [0, 0.05) is 5.41 Å². The van der Waals surface area contributed by atoms with Crippen molar-refractivity contribution in [3.8, 4) is 17.2 Å². The van der Waals surface area contributed by atoms with Crippen LogP contribution in [0.15, 0.2) is 30.5 Å². The van der Waals surface area contributed by atoms with Crippen molar-refractivity contribution in [2.24, 2.45) is 17.3 Å². The van der Waals surface area contributed by atoms with Gasteiger partial charge in [-0.3, -0.25) is 0 Å². The Morgan fingerprint density at radius 2 is 2.03 bits per heavy atom. The lowest BCUT2D eigenvalue weighted by molar-refractivity contribution is -0.0109. The number of aryl methyl sites for hydroxylation is 1. The highest BCUT2D eigenvalue weighted by Gasteiger charge is 2.56. The van der Waals surface area contributed by atoms with Crippen LogP contribution in [0.2, 0.25) is 0 Å². The average Bonchev–Trinajstić information content (AvgIpc) is 3.05. The van der Waals surface area contributed by atoms with Crippen molar-refractivity contribution in [2.45, 2.75) is 57.5 Å². The molecular weight excluding hydrogens is 369 g/mol. The summed E-state index contributed by atoms with van der Waals surface area (Å²) in [6.07, 6.45) is 8.25. The fourth-order valence-electron chi connectivity index (χ4n) is 6.49. The first kappa shape index (κ1) is 18.7. The Kier molecular flexibility index (Phi) is 4.45. The molecule has 0 radical (unpaired) electrons. The van der Waals surface area contributed by atoms with Crippen molar-refractivity contribution in [3.05, 3.63) is 47.5 Å². The van der Waals surface area contributed by atoms with Crippen LogP contribution < -0.4 is 9.47 Å². The number of aromatic hydroxyl groups is 1. The van der Waals surface area contributed by atoms with E-state index < -0.39 is 5.95 Å². The van der Waals surface area contributed by atoms with Crippen molar-refractivity contribution in [1.82, 2.24) is 4.98 Å². The maximum Gasteiger partial charge on any atom is 0.213 e. The van der Waals surface area contributed by atoms with Gasteiger partial charge in [0.25, 0.3) is 0 Å². The van der Waals surface area contributed by atoms with Gasteiger partial charge < -0.3 is 14.6 Å². The van der Waals surface area contributed by atoms with Gasteiger partial charge in [0.2, 0.25) is 5.95 Å². The lowest BCUT2D eigenvalue weighted by atomic mass is 9.55. The van der Waals surface area contributed by atoms with Crippen LogP contribution in [0.1, 0.15) is 56.1 Å². The Morgan fingerprint density at radius 1 is 1.17 bits per heavy atom. The summed E-state index contributed by atoms with van der Waals surface area (Å²) in [5.41, 5.74) is 2.77. The zero-order chi connectivity index (χ0) is 20.2. The first-order chi connectivity index (χ1) is 14.0. The van der Waals surface area contributed by atoms with E-state index in [9.17, 15) is 9.50 Å². The van der Waals surface area contributed by atoms with E-state index in [1.54, 1.807) is 13.2 Å². The molecule has 3 aliphatic rings. The highest BCUT2D eigenvalue weighted by atomic mass is 19.1. The minimum atomic E-state index is -0.476. The monoisotopic (exact) mass is 397 g/mol. The van der Waals surface area contributed by atoms with E-state index in [2.05, 4.69) is 18.0 Å². The quantitative estimate of drug-likeness (QED) is 0.720. The molecular formula is C24H28FNO3. The predicted octanol–water partition coefficient (Wildman–Crippen LogP) is 5.24. The highest BCUT2D eigenvalue weighted by molar-refractivity contribution is 5.49. The standard InChI is InChI=1S/C24H28FNO3/c1-24-10-9-16-17(5-3-14-11-20(27)21(28-2)12-18(14)16)19(24)6-7-22(24)29-15-4-8-23(25)26-13-15/h4,8,11-13,16-17,19,22,27H,3,5-7,9-10H2,1-2H3/t16?,17?,19?,22-,24-/m0/s1. The van der Waals surface area contributed by atoms with E-state index in [1.807, 2.05) is 6.07 Å². The number of hydrogen-bond donors (Lipinski definition) is 1. The van der Waals surface area contributed by atoms with E-state index in [-0.39, 0.29) is 17.3 Å². The van der Waals surface area contributed by atoms with Crippen LogP contribution in [-0.4, -0.2) is 23.3 Å². The number of rotatable bonds is 3. The molecule has 5 rings (SSSR count). The molecule has 4 nitrogen and oxygen atoms in total. The second-order valence-electron chi connectivity index (χ2n) is 9.18. The largest absolute Gasteiger partial charge is 0.504 e. The maximum atomic E-state index is 13.1. The molecule has 1 heterocycles. The van der Waals surface area contributed by atoms with E-state index >= 15 is 0 Å². The SMILES string of the molecule is COc1cc2c(cc1O)CCC1C2CC[C@@]2(C)C1CC[C@@H]2Oc1ccc(F)nc1. The van der Waals surface area contributed by atoms with Crippen LogP contribution in [0.5, 0.6) is 17.2 Å². The number of benzene rings is 1. The number of methoxy groups -OCH3 is 1. The van der Waals surface area contributed by atoms with Crippen LogP contribution in [0.3, 0.4) is 0 Å². The molecule has 1 N–H and O–H groups in total. The second-order valence-corrected chi connectivity index (χ2v) is 9.18. The molecule has 2 aromatic rings. The minimum Gasteiger partial charge on any atom is -0.504 e. The van der Waals surface area contributed by atoms with Crippen molar-refractivity contribution in [1.29, 1.82) is 0 Å². The van der Waals surface area contributed by atoms with Gasteiger partial charge in [-0.25, -0.2) is 4.98 Å². The number of phenolic OH excluding ortho intramolecular Hbond substituents is 1. The molecule has 5 heteroatoms. The third-order valence-corrected chi connectivity index (χ3v) is 7.92.